The highest BCUT2D eigenvalue weighted by molar-refractivity contribution is 7.99. The minimum absolute atomic E-state index is 0.128. The molecule has 37 heavy (non-hydrogen) atoms. The van der Waals surface area contributed by atoms with Gasteiger partial charge in [-0.2, -0.15) is 18.4 Å². The Morgan fingerprint density at radius 1 is 0.973 bits per heavy atom. The van der Waals surface area contributed by atoms with Crippen molar-refractivity contribution in [2.45, 2.75) is 23.1 Å². The van der Waals surface area contributed by atoms with E-state index in [1.54, 1.807) is 12.1 Å². The van der Waals surface area contributed by atoms with Gasteiger partial charge in [-0.1, -0.05) is 42.5 Å². The van der Waals surface area contributed by atoms with Crippen molar-refractivity contribution < 1.29 is 27.5 Å². The second-order valence-corrected chi connectivity index (χ2v) is 9.46. The van der Waals surface area contributed by atoms with E-state index in [2.05, 4.69) is 5.32 Å². The fourth-order valence-electron chi connectivity index (χ4n) is 3.89. The first-order chi connectivity index (χ1) is 17.6. The van der Waals surface area contributed by atoms with Crippen LogP contribution in [0.15, 0.2) is 89.8 Å². The average Bonchev–Trinajstić information content (AvgIpc) is 2.88. The van der Waals surface area contributed by atoms with Crippen molar-refractivity contribution in [1.82, 2.24) is 0 Å². The van der Waals surface area contributed by atoms with E-state index < -0.39 is 34.6 Å². The van der Waals surface area contributed by atoms with Crippen LogP contribution in [-0.4, -0.2) is 22.4 Å². The van der Waals surface area contributed by atoms with E-state index in [1.807, 2.05) is 30.3 Å². The molecule has 0 aliphatic rings. The molecule has 0 bridgehead atoms. The van der Waals surface area contributed by atoms with Crippen LogP contribution >= 0.6 is 11.8 Å². The number of nitrogens with zero attached hydrogens (tertiary/aromatic N) is 1. The Labute approximate surface area is 214 Å². The summed E-state index contributed by atoms with van der Waals surface area (Å²) in [6, 6.07) is 22.7. The summed E-state index contributed by atoms with van der Waals surface area (Å²) >= 11 is 1.11. The lowest BCUT2D eigenvalue weighted by Gasteiger charge is -2.28. The Morgan fingerprint density at radius 3 is 2.38 bits per heavy atom. The number of fused-ring (bicyclic) bond motifs is 1. The van der Waals surface area contributed by atoms with Crippen molar-refractivity contribution in [3.63, 3.8) is 0 Å². The number of thioether (sulfide) groups is 1. The van der Waals surface area contributed by atoms with E-state index >= 15 is 0 Å². The van der Waals surface area contributed by atoms with Crippen molar-refractivity contribution in [1.29, 1.82) is 5.26 Å². The number of anilines is 1. The van der Waals surface area contributed by atoms with Crippen molar-refractivity contribution in [3.8, 4) is 6.07 Å². The monoisotopic (exact) mass is 524 g/mol. The van der Waals surface area contributed by atoms with Crippen molar-refractivity contribution >= 4 is 34.1 Å². The largest absolute Gasteiger partial charge is 0.417 e. The number of aliphatic hydroxyl groups is 1. The van der Waals surface area contributed by atoms with Gasteiger partial charge in [0.2, 0.25) is 0 Å². The maximum absolute atomic E-state index is 13.4. The van der Waals surface area contributed by atoms with Crippen LogP contribution in [0.25, 0.3) is 10.8 Å². The highest BCUT2D eigenvalue weighted by atomic mass is 32.2. The SMILES string of the molecule is N#Cc1ccc(NC(=O)C(O)(CSc2ccc(F)cc2)Cc2cccc3ccccc23)cc1C(F)(F)F. The summed E-state index contributed by atoms with van der Waals surface area (Å²) in [7, 11) is 0. The zero-order valence-electron chi connectivity index (χ0n) is 19.2. The lowest BCUT2D eigenvalue weighted by atomic mass is 9.91. The topological polar surface area (TPSA) is 73.1 Å². The minimum Gasteiger partial charge on any atom is -0.379 e. The second-order valence-electron chi connectivity index (χ2n) is 8.41. The van der Waals surface area contributed by atoms with E-state index in [4.69, 9.17) is 5.26 Å². The summed E-state index contributed by atoms with van der Waals surface area (Å²) in [6.07, 6.45) is -4.93. The predicted molar refractivity (Wildman–Crippen MR) is 135 cm³/mol. The maximum Gasteiger partial charge on any atom is 0.417 e. The molecule has 2 N–H and O–H groups in total. The molecule has 0 saturated carbocycles. The molecule has 1 amide bonds. The average molecular weight is 525 g/mol. The van der Waals surface area contributed by atoms with Crippen LogP contribution in [0.4, 0.5) is 23.2 Å². The lowest BCUT2D eigenvalue weighted by Crippen LogP contribution is -2.47. The van der Waals surface area contributed by atoms with Crippen LogP contribution in [0.3, 0.4) is 0 Å². The molecular formula is C28H20F4N2O2S. The van der Waals surface area contributed by atoms with Gasteiger partial charge in [0.05, 0.1) is 17.2 Å². The smallest absolute Gasteiger partial charge is 0.379 e. The van der Waals surface area contributed by atoms with Gasteiger partial charge >= 0.3 is 6.18 Å². The van der Waals surface area contributed by atoms with E-state index in [0.717, 1.165) is 28.6 Å². The van der Waals surface area contributed by atoms with Crippen LogP contribution in [0.5, 0.6) is 0 Å². The zero-order valence-corrected chi connectivity index (χ0v) is 20.0. The molecule has 0 radical (unpaired) electrons. The Bertz CT molecular complexity index is 1480. The third kappa shape index (κ3) is 6.10. The quantitative estimate of drug-likeness (QED) is 0.212. The Hall–Kier alpha value is -3.87. The summed E-state index contributed by atoms with van der Waals surface area (Å²) in [5.74, 6) is -1.50. The third-order valence-corrected chi connectivity index (χ3v) is 7.01. The van der Waals surface area contributed by atoms with Crippen LogP contribution in [0.2, 0.25) is 0 Å². The molecule has 1 atom stereocenters. The number of rotatable bonds is 7. The first kappa shape index (κ1) is 26.2. The number of nitriles is 1. The highest BCUT2D eigenvalue weighted by Crippen LogP contribution is 2.34. The maximum atomic E-state index is 13.4. The predicted octanol–water partition coefficient (Wildman–Crippen LogP) is 6.57. The summed E-state index contributed by atoms with van der Waals surface area (Å²) in [5, 5.41) is 24.8. The molecule has 9 heteroatoms. The first-order valence-corrected chi connectivity index (χ1v) is 12.1. The second kappa shape index (κ2) is 10.6. The van der Waals surface area contributed by atoms with Gasteiger partial charge in [0.1, 0.15) is 5.82 Å². The molecule has 4 nitrogen and oxygen atoms in total. The molecule has 4 aromatic rings. The number of nitrogens with one attached hydrogen (secondary N) is 1. The van der Waals surface area contributed by atoms with Gasteiger partial charge in [-0.3, -0.25) is 4.79 Å². The van der Waals surface area contributed by atoms with Gasteiger partial charge in [-0.15, -0.1) is 11.8 Å². The molecule has 4 rings (SSSR count). The minimum atomic E-state index is -4.80. The van der Waals surface area contributed by atoms with Crippen molar-refractivity contribution in [3.05, 3.63) is 107 Å². The number of halogens is 4. The molecule has 188 valence electrons. The number of hydrogen-bond acceptors (Lipinski definition) is 4. The van der Waals surface area contributed by atoms with Crippen LogP contribution < -0.4 is 5.32 Å². The van der Waals surface area contributed by atoms with Crippen LogP contribution in [-0.2, 0) is 17.4 Å². The normalized spacial score (nSPS) is 13.1. The molecule has 0 aliphatic carbocycles. The molecule has 1 unspecified atom stereocenters. The number of alkyl halides is 3. The van der Waals surface area contributed by atoms with Gasteiger partial charge in [0.25, 0.3) is 5.91 Å². The van der Waals surface area contributed by atoms with Gasteiger partial charge < -0.3 is 10.4 Å². The van der Waals surface area contributed by atoms with Crippen LogP contribution in [0.1, 0.15) is 16.7 Å². The molecule has 0 fully saturated rings. The molecule has 0 aromatic heterocycles. The van der Waals surface area contributed by atoms with E-state index in [0.29, 0.717) is 16.5 Å². The molecule has 0 aliphatic heterocycles. The van der Waals surface area contributed by atoms with Gasteiger partial charge in [0, 0.05) is 22.8 Å². The fourth-order valence-corrected chi connectivity index (χ4v) is 4.86. The van der Waals surface area contributed by atoms with E-state index in [1.165, 1.54) is 36.4 Å². The van der Waals surface area contributed by atoms with Crippen LogP contribution in [0, 0.1) is 17.1 Å². The number of hydrogen-bond donors (Lipinski definition) is 2. The molecule has 4 aromatic carbocycles. The number of carbonyl (C=O) groups excluding carboxylic acids is 1. The molecule has 0 spiro atoms. The summed E-state index contributed by atoms with van der Waals surface area (Å²) < 4.78 is 53.6. The summed E-state index contributed by atoms with van der Waals surface area (Å²) in [4.78, 5) is 14.0. The Kier molecular flexibility index (Phi) is 7.52. The standard InChI is InChI=1S/C28H20F4N2O2S/c29-21-9-12-23(13-10-21)37-17-27(36,15-19-6-3-5-18-4-1-2-7-24(18)19)26(35)34-22-11-8-20(16-33)25(14-22)28(30,31)32/h1-14,36H,15,17H2,(H,34,35). The number of carbonyl (C=O) groups is 1. The van der Waals surface area contributed by atoms with Crippen molar-refractivity contribution in [2.75, 3.05) is 11.1 Å². The number of benzene rings is 4. The fraction of sp³-hybridized carbons (Fsp3) is 0.143. The lowest BCUT2D eigenvalue weighted by molar-refractivity contribution is -0.138. The van der Waals surface area contributed by atoms with Gasteiger partial charge in [-0.05, 0) is 58.8 Å². The highest BCUT2D eigenvalue weighted by Gasteiger charge is 2.38. The Balaban J connectivity index is 1.67. The summed E-state index contributed by atoms with van der Waals surface area (Å²) in [6.45, 7) is 0. The zero-order chi connectivity index (χ0) is 26.6. The van der Waals surface area contributed by atoms with Gasteiger partial charge in [-0.25, -0.2) is 4.39 Å². The molecule has 0 heterocycles. The summed E-state index contributed by atoms with van der Waals surface area (Å²) in [5.41, 5.74) is -3.35. The molecule has 0 saturated heterocycles. The van der Waals surface area contributed by atoms with E-state index in [9.17, 15) is 27.5 Å². The van der Waals surface area contributed by atoms with Gasteiger partial charge in [0.15, 0.2) is 5.60 Å². The third-order valence-electron chi connectivity index (χ3n) is 5.78. The van der Waals surface area contributed by atoms with E-state index in [-0.39, 0.29) is 17.9 Å². The van der Waals surface area contributed by atoms with Crippen molar-refractivity contribution in [2.24, 2.45) is 0 Å². The Morgan fingerprint density at radius 2 is 1.68 bits per heavy atom. The number of amides is 1. The first-order valence-electron chi connectivity index (χ1n) is 11.1. The molecular weight excluding hydrogens is 504 g/mol.